The molecule has 0 fully saturated rings. The zero-order chi connectivity index (χ0) is 14.4. The first-order chi connectivity index (χ1) is 9.70. The van der Waals surface area contributed by atoms with Crippen LogP contribution in [0.4, 0.5) is 10.1 Å². The minimum atomic E-state index is -0.548. The Hall–Kier alpha value is -2.40. The van der Waals surface area contributed by atoms with Crippen LogP contribution in [0.2, 0.25) is 0 Å². The van der Waals surface area contributed by atoms with E-state index < -0.39 is 11.7 Å². The van der Waals surface area contributed by atoms with Crippen molar-refractivity contribution in [2.45, 2.75) is 0 Å². The fourth-order valence-corrected chi connectivity index (χ4v) is 1.66. The molecule has 2 aromatic rings. The van der Waals surface area contributed by atoms with Crippen LogP contribution in [0.25, 0.3) is 0 Å². The Bertz CT molecular complexity index is 585. The molecule has 2 rings (SSSR count). The van der Waals surface area contributed by atoms with E-state index in [-0.39, 0.29) is 5.56 Å². The lowest BCUT2D eigenvalue weighted by Crippen LogP contribution is -2.13. The highest BCUT2D eigenvalue weighted by Gasteiger charge is 2.10. The minimum Gasteiger partial charge on any atom is -0.492 e. The number of carbonyl (C=O) groups excluding carboxylic acids is 1. The van der Waals surface area contributed by atoms with Crippen LogP contribution < -0.4 is 15.8 Å². The van der Waals surface area contributed by atoms with Crippen molar-refractivity contribution < 1.29 is 13.9 Å². The fourth-order valence-electron chi connectivity index (χ4n) is 1.66. The van der Waals surface area contributed by atoms with Crippen LogP contribution in [-0.2, 0) is 0 Å². The van der Waals surface area contributed by atoms with Gasteiger partial charge >= 0.3 is 0 Å². The summed E-state index contributed by atoms with van der Waals surface area (Å²) in [6.45, 7) is 0.868. The first-order valence-electron chi connectivity index (χ1n) is 6.19. The third-order valence-corrected chi connectivity index (χ3v) is 2.62. The van der Waals surface area contributed by atoms with Crippen molar-refractivity contribution in [3.05, 3.63) is 59.9 Å². The Labute approximate surface area is 116 Å². The average molecular weight is 274 g/mol. The number of anilines is 1. The van der Waals surface area contributed by atoms with E-state index in [4.69, 9.17) is 10.5 Å². The maximum atomic E-state index is 13.5. The molecule has 0 aliphatic carbocycles. The lowest BCUT2D eigenvalue weighted by atomic mass is 10.2. The van der Waals surface area contributed by atoms with E-state index in [2.05, 4.69) is 5.32 Å². The molecular weight excluding hydrogens is 259 g/mol. The summed E-state index contributed by atoms with van der Waals surface area (Å²) < 4.78 is 18.8. The molecule has 0 unspecified atom stereocenters. The number of ether oxygens (including phenoxy) is 1. The fraction of sp³-hybridized carbons (Fsp3) is 0.133. The third-order valence-electron chi connectivity index (χ3n) is 2.62. The number of nitrogens with two attached hydrogens (primary N) is 1. The van der Waals surface area contributed by atoms with Gasteiger partial charge in [-0.1, -0.05) is 12.1 Å². The molecule has 0 aromatic heterocycles. The SMILES string of the molecule is NCCOc1ccc(NC(=O)c2ccccc2F)cc1. The third kappa shape index (κ3) is 3.55. The molecule has 1 amide bonds. The maximum absolute atomic E-state index is 13.5. The number of amides is 1. The molecule has 0 saturated heterocycles. The van der Waals surface area contributed by atoms with Crippen LogP contribution in [0.5, 0.6) is 5.75 Å². The van der Waals surface area contributed by atoms with E-state index in [1.54, 1.807) is 30.3 Å². The number of benzene rings is 2. The van der Waals surface area contributed by atoms with Gasteiger partial charge in [0.2, 0.25) is 0 Å². The molecule has 0 spiro atoms. The zero-order valence-corrected chi connectivity index (χ0v) is 10.8. The number of nitrogens with one attached hydrogen (secondary N) is 1. The first kappa shape index (κ1) is 14.0. The van der Waals surface area contributed by atoms with Gasteiger partial charge in [-0.3, -0.25) is 4.79 Å². The Morgan fingerprint density at radius 2 is 1.85 bits per heavy atom. The molecule has 5 heteroatoms. The summed E-state index contributed by atoms with van der Waals surface area (Å²) in [5, 5.41) is 2.62. The predicted octanol–water partition coefficient (Wildman–Crippen LogP) is 2.42. The number of halogens is 1. The molecule has 0 aliphatic rings. The Kier molecular flexibility index (Phi) is 4.68. The summed E-state index contributed by atoms with van der Waals surface area (Å²) in [6, 6.07) is 12.6. The number of hydrogen-bond acceptors (Lipinski definition) is 3. The van der Waals surface area contributed by atoms with Crippen LogP contribution in [0.1, 0.15) is 10.4 Å². The number of hydrogen-bond donors (Lipinski definition) is 2. The second-order valence-corrected chi connectivity index (χ2v) is 4.10. The van der Waals surface area contributed by atoms with Gasteiger partial charge in [-0.2, -0.15) is 0 Å². The maximum Gasteiger partial charge on any atom is 0.258 e. The smallest absolute Gasteiger partial charge is 0.258 e. The van der Waals surface area contributed by atoms with E-state index in [0.717, 1.165) is 0 Å². The highest BCUT2D eigenvalue weighted by molar-refractivity contribution is 6.04. The first-order valence-corrected chi connectivity index (χ1v) is 6.19. The summed E-state index contributed by atoms with van der Waals surface area (Å²) in [4.78, 5) is 11.9. The van der Waals surface area contributed by atoms with Crippen molar-refractivity contribution in [1.82, 2.24) is 0 Å². The molecule has 0 aliphatic heterocycles. The van der Waals surface area contributed by atoms with Crippen LogP contribution in [0.3, 0.4) is 0 Å². The van der Waals surface area contributed by atoms with Gasteiger partial charge in [-0.15, -0.1) is 0 Å². The van der Waals surface area contributed by atoms with Gasteiger partial charge in [0.1, 0.15) is 18.2 Å². The van der Waals surface area contributed by atoms with Crippen LogP contribution in [0.15, 0.2) is 48.5 Å². The quantitative estimate of drug-likeness (QED) is 0.880. The molecule has 0 atom stereocenters. The van der Waals surface area contributed by atoms with Gasteiger partial charge in [0.05, 0.1) is 5.56 Å². The molecule has 0 saturated carbocycles. The normalized spacial score (nSPS) is 10.1. The average Bonchev–Trinajstić information content (AvgIpc) is 2.47. The molecule has 0 heterocycles. The van der Waals surface area contributed by atoms with Crippen LogP contribution >= 0.6 is 0 Å². The molecule has 0 radical (unpaired) electrons. The molecule has 2 aromatic carbocycles. The summed E-state index contributed by atoms with van der Waals surface area (Å²) in [5.74, 6) is -0.369. The molecular formula is C15H15FN2O2. The van der Waals surface area contributed by atoms with Crippen LogP contribution in [0, 0.1) is 5.82 Å². The summed E-state index contributed by atoms with van der Waals surface area (Å²) >= 11 is 0. The lowest BCUT2D eigenvalue weighted by Gasteiger charge is -2.08. The van der Waals surface area contributed by atoms with Gasteiger partial charge in [0, 0.05) is 12.2 Å². The lowest BCUT2D eigenvalue weighted by molar-refractivity contribution is 0.102. The predicted molar refractivity (Wildman–Crippen MR) is 75.3 cm³/mol. The van der Waals surface area contributed by atoms with E-state index in [9.17, 15) is 9.18 Å². The molecule has 3 N–H and O–H groups in total. The van der Waals surface area contributed by atoms with Crippen molar-refractivity contribution in [3.8, 4) is 5.75 Å². The van der Waals surface area contributed by atoms with Crippen molar-refractivity contribution in [1.29, 1.82) is 0 Å². The Morgan fingerprint density at radius 3 is 2.50 bits per heavy atom. The second-order valence-electron chi connectivity index (χ2n) is 4.10. The van der Waals surface area contributed by atoms with Crippen molar-refractivity contribution in [2.75, 3.05) is 18.5 Å². The van der Waals surface area contributed by atoms with Crippen molar-refractivity contribution >= 4 is 11.6 Å². The number of rotatable bonds is 5. The Morgan fingerprint density at radius 1 is 1.15 bits per heavy atom. The largest absolute Gasteiger partial charge is 0.492 e. The van der Waals surface area contributed by atoms with E-state index >= 15 is 0 Å². The van der Waals surface area contributed by atoms with E-state index in [1.807, 2.05) is 0 Å². The highest BCUT2D eigenvalue weighted by atomic mass is 19.1. The van der Waals surface area contributed by atoms with Gasteiger partial charge in [-0.05, 0) is 36.4 Å². The van der Waals surface area contributed by atoms with Gasteiger partial charge in [-0.25, -0.2) is 4.39 Å². The molecule has 104 valence electrons. The monoisotopic (exact) mass is 274 g/mol. The highest BCUT2D eigenvalue weighted by Crippen LogP contribution is 2.17. The Balaban J connectivity index is 2.03. The van der Waals surface area contributed by atoms with Gasteiger partial charge < -0.3 is 15.8 Å². The summed E-state index contributed by atoms with van der Waals surface area (Å²) in [5.41, 5.74) is 5.91. The molecule has 4 nitrogen and oxygen atoms in total. The molecule has 20 heavy (non-hydrogen) atoms. The number of carbonyl (C=O) groups is 1. The van der Waals surface area contributed by atoms with E-state index in [1.165, 1.54) is 18.2 Å². The second kappa shape index (κ2) is 6.68. The van der Waals surface area contributed by atoms with Gasteiger partial charge in [0.15, 0.2) is 0 Å². The zero-order valence-electron chi connectivity index (χ0n) is 10.8. The minimum absolute atomic E-state index is 0.0101. The topological polar surface area (TPSA) is 64.3 Å². The summed E-state index contributed by atoms with van der Waals surface area (Å²) in [6.07, 6.45) is 0. The van der Waals surface area contributed by atoms with E-state index in [0.29, 0.717) is 24.6 Å². The van der Waals surface area contributed by atoms with Crippen molar-refractivity contribution in [2.24, 2.45) is 5.73 Å². The van der Waals surface area contributed by atoms with Crippen molar-refractivity contribution in [3.63, 3.8) is 0 Å². The van der Waals surface area contributed by atoms with Crippen LogP contribution in [-0.4, -0.2) is 19.1 Å². The standard InChI is InChI=1S/C15H15FN2O2/c16-14-4-2-1-3-13(14)15(19)18-11-5-7-12(8-6-11)20-10-9-17/h1-8H,9-10,17H2,(H,18,19). The van der Waals surface area contributed by atoms with Gasteiger partial charge in [0.25, 0.3) is 5.91 Å². The summed E-state index contributed by atoms with van der Waals surface area (Å²) in [7, 11) is 0. The molecule has 0 bridgehead atoms.